The number of aromatic hydroxyl groups is 1. The van der Waals surface area contributed by atoms with Gasteiger partial charge in [0.1, 0.15) is 15.8 Å². The third kappa shape index (κ3) is 2.35. The summed E-state index contributed by atoms with van der Waals surface area (Å²) in [5.41, 5.74) is 0.756. The molecule has 0 fully saturated rings. The number of phenols is 1. The highest BCUT2D eigenvalue weighted by molar-refractivity contribution is 9.10. The van der Waals surface area contributed by atoms with Crippen molar-refractivity contribution in [2.24, 2.45) is 4.99 Å². The van der Waals surface area contributed by atoms with Crippen molar-refractivity contribution >= 4 is 60.3 Å². The van der Waals surface area contributed by atoms with Gasteiger partial charge in [-0.2, -0.15) is 0 Å². The number of fused-ring (bicyclic) bond motifs is 1. The van der Waals surface area contributed by atoms with E-state index in [1.165, 1.54) is 23.1 Å². The number of hydrogen-bond acceptors (Lipinski definition) is 6. The van der Waals surface area contributed by atoms with E-state index in [9.17, 15) is 9.90 Å². The van der Waals surface area contributed by atoms with Gasteiger partial charge in [-0.15, -0.1) is 23.1 Å². The molecule has 0 radical (unpaired) electrons. The van der Waals surface area contributed by atoms with Gasteiger partial charge < -0.3 is 10.2 Å². The largest absolute Gasteiger partial charge is 0.507 e. The smallest absolute Gasteiger partial charge is 0.329 e. The van der Waals surface area contributed by atoms with E-state index >= 15 is 0 Å². The first-order valence-corrected chi connectivity index (χ1v) is 7.87. The zero-order chi connectivity index (χ0) is 13.6. The average Bonchev–Trinajstić information content (AvgIpc) is 2.95. The first-order chi connectivity index (χ1) is 9.04. The van der Waals surface area contributed by atoms with Crippen LogP contribution in [0.4, 0.5) is 0 Å². The van der Waals surface area contributed by atoms with Crippen molar-refractivity contribution in [3.8, 4) is 5.75 Å². The molecule has 98 valence electrons. The van der Waals surface area contributed by atoms with Gasteiger partial charge in [0.15, 0.2) is 6.04 Å². The van der Waals surface area contributed by atoms with Crippen LogP contribution in [0.3, 0.4) is 0 Å². The summed E-state index contributed by atoms with van der Waals surface area (Å²) in [6, 6.07) is 2.68. The number of nitrogens with zero attached hydrogens (tertiary/aromatic N) is 2. The molecule has 1 atom stereocenters. The zero-order valence-corrected chi connectivity index (χ0v) is 12.5. The van der Waals surface area contributed by atoms with Crippen LogP contribution in [0.15, 0.2) is 21.6 Å². The molecular weight excluding hydrogens is 352 g/mol. The number of hydrogen-bond donors (Lipinski definition) is 2. The second-order valence-corrected chi connectivity index (χ2v) is 6.78. The molecule has 0 saturated heterocycles. The van der Waals surface area contributed by atoms with Crippen molar-refractivity contribution in [2.45, 2.75) is 6.04 Å². The molecule has 2 heterocycles. The Kier molecular flexibility index (Phi) is 3.23. The van der Waals surface area contributed by atoms with Crippen LogP contribution in [-0.2, 0) is 4.79 Å². The Labute approximate surface area is 124 Å². The monoisotopic (exact) mass is 358 g/mol. The molecule has 3 rings (SSSR count). The molecule has 0 aliphatic carbocycles. The summed E-state index contributed by atoms with van der Waals surface area (Å²) in [6.45, 7) is 0. The van der Waals surface area contributed by atoms with E-state index in [0.717, 1.165) is 10.2 Å². The molecule has 0 saturated carbocycles. The highest BCUT2D eigenvalue weighted by Gasteiger charge is 2.26. The van der Waals surface area contributed by atoms with Crippen molar-refractivity contribution < 1.29 is 15.0 Å². The van der Waals surface area contributed by atoms with Crippen LogP contribution in [0.5, 0.6) is 5.75 Å². The van der Waals surface area contributed by atoms with Crippen LogP contribution in [0.2, 0.25) is 0 Å². The summed E-state index contributed by atoms with van der Waals surface area (Å²) in [7, 11) is 0. The minimum absolute atomic E-state index is 0.159. The van der Waals surface area contributed by atoms with Crippen LogP contribution in [-0.4, -0.2) is 38.0 Å². The molecule has 19 heavy (non-hydrogen) atoms. The number of carboxylic acids is 1. The second-order valence-electron chi connectivity index (χ2n) is 3.89. The van der Waals surface area contributed by atoms with Gasteiger partial charge in [0.25, 0.3) is 0 Å². The maximum absolute atomic E-state index is 10.9. The van der Waals surface area contributed by atoms with Crippen LogP contribution in [0.25, 0.3) is 10.2 Å². The van der Waals surface area contributed by atoms with Crippen molar-refractivity contribution in [2.75, 3.05) is 5.75 Å². The summed E-state index contributed by atoms with van der Waals surface area (Å²) in [5, 5.41) is 19.9. The molecule has 5 nitrogen and oxygen atoms in total. The van der Waals surface area contributed by atoms with E-state index < -0.39 is 12.0 Å². The predicted molar refractivity (Wildman–Crippen MR) is 79.4 cm³/mol. The van der Waals surface area contributed by atoms with Gasteiger partial charge in [-0.05, 0) is 22.0 Å². The molecule has 1 aliphatic heterocycles. The SMILES string of the molecule is O=C(O)[C@H]1CSC(c2nc3cc(Br)c(O)cc3s2)=N1. The lowest BCUT2D eigenvalue weighted by atomic mass is 10.3. The van der Waals surface area contributed by atoms with Gasteiger partial charge in [-0.1, -0.05) is 0 Å². The predicted octanol–water partition coefficient (Wildman–Crippen LogP) is 2.71. The van der Waals surface area contributed by atoms with Crippen LogP contribution < -0.4 is 0 Å². The van der Waals surface area contributed by atoms with E-state index in [1.54, 1.807) is 12.1 Å². The third-order valence-electron chi connectivity index (χ3n) is 2.58. The van der Waals surface area contributed by atoms with Gasteiger partial charge >= 0.3 is 5.97 Å². The van der Waals surface area contributed by atoms with Gasteiger partial charge in [0, 0.05) is 11.8 Å². The minimum atomic E-state index is -0.913. The Hall–Kier alpha value is -1.12. The Balaban J connectivity index is 2.03. The quantitative estimate of drug-likeness (QED) is 0.862. The molecule has 1 aromatic carbocycles. The summed E-state index contributed by atoms with van der Waals surface area (Å²) in [6.07, 6.45) is 0. The third-order valence-corrected chi connectivity index (χ3v) is 5.42. The van der Waals surface area contributed by atoms with Gasteiger partial charge in [-0.3, -0.25) is 4.99 Å². The maximum atomic E-state index is 10.9. The molecule has 2 aromatic rings. The number of halogens is 1. The molecule has 0 bridgehead atoms. The fraction of sp³-hybridized carbons (Fsp3) is 0.182. The van der Waals surface area contributed by atoms with E-state index in [0.29, 0.717) is 20.3 Å². The summed E-state index contributed by atoms with van der Waals surface area (Å²) in [4.78, 5) is 19.4. The highest BCUT2D eigenvalue weighted by atomic mass is 79.9. The van der Waals surface area contributed by atoms with E-state index in [1.807, 2.05) is 0 Å². The normalized spacial score (nSPS) is 18.8. The Morgan fingerprint density at radius 2 is 2.26 bits per heavy atom. The van der Waals surface area contributed by atoms with Gasteiger partial charge in [0.2, 0.25) is 0 Å². The number of rotatable bonds is 2. The fourth-order valence-corrected chi connectivity index (χ4v) is 4.06. The molecule has 1 aliphatic rings. The highest BCUT2D eigenvalue weighted by Crippen LogP contribution is 2.34. The second kappa shape index (κ2) is 4.77. The number of benzene rings is 1. The molecule has 8 heteroatoms. The zero-order valence-electron chi connectivity index (χ0n) is 9.33. The van der Waals surface area contributed by atoms with Crippen molar-refractivity contribution in [1.82, 2.24) is 4.98 Å². The lowest BCUT2D eigenvalue weighted by molar-refractivity contribution is -0.137. The van der Waals surface area contributed by atoms with Crippen molar-refractivity contribution in [3.63, 3.8) is 0 Å². The fourth-order valence-electron chi connectivity index (χ4n) is 1.65. The first kappa shape index (κ1) is 12.9. The summed E-state index contributed by atoms with van der Waals surface area (Å²) in [5.74, 6) is -0.314. The minimum Gasteiger partial charge on any atom is -0.507 e. The summed E-state index contributed by atoms with van der Waals surface area (Å²) < 4.78 is 1.43. The number of carbonyl (C=O) groups is 1. The number of thiazole rings is 1. The van der Waals surface area contributed by atoms with Crippen LogP contribution in [0, 0.1) is 0 Å². The molecule has 0 spiro atoms. The van der Waals surface area contributed by atoms with Crippen LogP contribution in [0.1, 0.15) is 5.01 Å². The number of aliphatic carboxylic acids is 1. The average molecular weight is 359 g/mol. The summed E-state index contributed by atoms with van der Waals surface area (Å²) >= 11 is 6.03. The molecule has 0 amide bonds. The Bertz CT molecular complexity index is 674. The molecular formula is C11H7BrN2O3S2. The number of aliphatic imine (C=N–C) groups is 1. The van der Waals surface area contributed by atoms with Gasteiger partial charge in [-0.25, -0.2) is 9.78 Å². The number of aromatic nitrogens is 1. The van der Waals surface area contributed by atoms with Crippen LogP contribution >= 0.6 is 39.0 Å². The Morgan fingerprint density at radius 1 is 1.47 bits per heavy atom. The van der Waals surface area contributed by atoms with Crippen molar-refractivity contribution in [1.29, 1.82) is 0 Å². The number of carboxylic acid groups (broad SMARTS) is 1. The van der Waals surface area contributed by atoms with Crippen molar-refractivity contribution in [3.05, 3.63) is 21.6 Å². The molecule has 2 N–H and O–H groups in total. The lowest BCUT2D eigenvalue weighted by Crippen LogP contribution is -2.17. The van der Waals surface area contributed by atoms with Gasteiger partial charge in [0.05, 0.1) is 14.7 Å². The number of phenolic OH excluding ortho intramolecular Hbond substituents is 1. The first-order valence-electron chi connectivity index (χ1n) is 5.27. The van der Waals surface area contributed by atoms with E-state index in [2.05, 4.69) is 25.9 Å². The maximum Gasteiger partial charge on any atom is 0.329 e. The standard InChI is InChI=1S/C11H7BrN2O3S2/c12-4-1-5-8(2-7(4)15)19-10(13-5)9-14-6(3-18-9)11(16)17/h1-2,6,15H,3H2,(H,16,17)/t6-/m1/s1. The van der Waals surface area contributed by atoms with E-state index in [-0.39, 0.29) is 5.75 Å². The topological polar surface area (TPSA) is 82.8 Å². The van der Waals surface area contributed by atoms with E-state index in [4.69, 9.17) is 5.11 Å². The Morgan fingerprint density at radius 3 is 2.95 bits per heavy atom. The molecule has 1 aromatic heterocycles. The number of thioether (sulfide) groups is 1. The molecule has 0 unspecified atom stereocenters. The lowest BCUT2D eigenvalue weighted by Gasteiger charge is -1.94.